The zero-order chi connectivity index (χ0) is 16.2. The molecule has 7 heteroatoms. The normalized spacial score (nSPS) is 10.6. The zero-order valence-corrected chi connectivity index (χ0v) is 12.9. The Labute approximate surface area is 136 Å². The van der Waals surface area contributed by atoms with Gasteiger partial charge >= 0.3 is 0 Å². The maximum absolute atomic E-state index is 13.1. The highest BCUT2D eigenvalue weighted by Gasteiger charge is 2.10. The van der Waals surface area contributed by atoms with Gasteiger partial charge in [-0.3, -0.25) is 0 Å². The quantitative estimate of drug-likeness (QED) is 0.702. The van der Waals surface area contributed by atoms with Crippen LogP contribution in [0.25, 0.3) is 11.5 Å². The summed E-state index contributed by atoms with van der Waals surface area (Å²) in [5, 5.41) is 7.87. The minimum atomic E-state index is -0.501. The zero-order valence-electron chi connectivity index (χ0n) is 12.1. The third kappa shape index (κ3) is 3.60. The van der Waals surface area contributed by atoms with Crippen molar-refractivity contribution < 1.29 is 18.3 Å². The van der Waals surface area contributed by atoms with Gasteiger partial charge < -0.3 is 13.9 Å². The molecule has 2 aromatic carbocycles. The molecular formula is C16H12ClFN2O3. The Morgan fingerprint density at radius 1 is 1.09 bits per heavy atom. The van der Waals surface area contributed by atoms with E-state index in [4.69, 9.17) is 25.5 Å². The number of benzene rings is 2. The molecule has 0 bridgehead atoms. The van der Waals surface area contributed by atoms with Crippen LogP contribution in [0, 0.1) is 5.82 Å². The van der Waals surface area contributed by atoms with Crippen molar-refractivity contribution in [2.24, 2.45) is 0 Å². The fourth-order valence-corrected chi connectivity index (χ4v) is 2.04. The lowest BCUT2D eigenvalue weighted by Gasteiger charge is -2.03. The van der Waals surface area contributed by atoms with Gasteiger partial charge in [0.1, 0.15) is 17.3 Å². The van der Waals surface area contributed by atoms with Crippen molar-refractivity contribution in [3.05, 3.63) is 59.2 Å². The van der Waals surface area contributed by atoms with E-state index in [0.717, 1.165) is 11.3 Å². The third-order valence-corrected chi connectivity index (χ3v) is 3.35. The number of hydrogen-bond donors (Lipinski definition) is 0. The number of rotatable bonds is 5. The van der Waals surface area contributed by atoms with E-state index in [9.17, 15) is 4.39 Å². The SMILES string of the molecule is COc1ccc(-c2nnc(COc3ccc(F)c(Cl)c3)o2)cc1. The molecule has 0 aliphatic rings. The summed E-state index contributed by atoms with van der Waals surface area (Å²) in [4.78, 5) is 0. The summed E-state index contributed by atoms with van der Waals surface area (Å²) >= 11 is 5.69. The fourth-order valence-electron chi connectivity index (χ4n) is 1.87. The highest BCUT2D eigenvalue weighted by molar-refractivity contribution is 6.30. The molecular weight excluding hydrogens is 323 g/mol. The fraction of sp³-hybridized carbons (Fsp3) is 0.125. The van der Waals surface area contributed by atoms with Gasteiger partial charge in [0.2, 0.25) is 5.89 Å². The molecule has 1 heterocycles. The summed E-state index contributed by atoms with van der Waals surface area (Å²) in [6.45, 7) is 0.0606. The molecule has 23 heavy (non-hydrogen) atoms. The highest BCUT2D eigenvalue weighted by atomic mass is 35.5. The van der Waals surface area contributed by atoms with Gasteiger partial charge in [0.25, 0.3) is 5.89 Å². The summed E-state index contributed by atoms with van der Waals surface area (Å²) < 4.78 is 29.1. The molecule has 1 aromatic heterocycles. The lowest BCUT2D eigenvalue weighted by molar-refractivity contribution is 0.264. The van der Waals surface area contributed by atoms with Gasteiger partial charge in [-0.1, -0.05) is 11.6 Å². The largest absolute Gasteiger partial charge is 0.497 e. The van der Waals surface area contributed by atoms with Crippen LogP contribution in [-0.4, -0.2) is 17.3 Å². The van der Waals surface area contributed by atoms with Crippen molar-refractivity contribution in [3.8, 4) is 23.0 Å². The van der Waals surface area contributed by atoms with Gasteiger partial charge in [0.05, 0.1) is 12.1 Å². The van der Waals surface area contributed by atoms with E-state index >= 15 is 0 Å². The van der Waals surface area contributed by atoms with Crippen molar-refractivity contribution in [1.82, 2.24) is 10.2 Å². The van der Waals surface area contributed by atoms with Gasteiger partial charge in [-0.15, -0.1) is 10.2 Å². The van der Waals surface area contributed by atoms with Crippen molar-refractivity contribution >= 4 is 11.6 Å². The summed E-state index contributed by atoms with van der Waals surface area (Å²) in [5.41, 5.74) is 0.773. The first-order valence-corrected chi connectivity index (χ1v) is 7.08. The number of ether oxygens (including phenoxy) is 2. The Kier molecular flexibility index (Phi) is 4.43. The van der Waals surface area contributed by atoms with E-state index in [1.165, 1.54) is 18.2 Å². The first-order chi connectivity index (χ1) is 11.2. The second kappa shape index (κ2) is 6.66. The average Bonchev–Trinajstić information content (AvgIpc) is 3.05. The molecule has 3 rings (SSSR count). The molecule has 118 valence electrons. The average molecular weight is 335 g/mol. The lowest BCUT2D eigenvalue weighted by atomic mass is 10.2. The molecule has 0 atom stereocenters. The monoisotopic (exact) mass is 334 g/mol. The number of hydrogen-bond acceptors (Lipinski definition) is 5. The van der Waals surface area contributed by atoms with E-state index in [2.05, 4.69) is 10.2 Å². The van der Waals surface area contributed by atoms with E-state index < -0.39 is 5.82 Å². The third-order valence-electron chi connectivity index (χ3n) is 3.06. The summed E-state index contributed by atoms with van der Waals surface area (Å²) in [5.74, 6) is 1.34. The molecule has 5 nitrogen and oxygen atoms in total. The van der Waals surface area contributed by atoms with Crippen molar-refractivity contribution in [2.45, 2.75) is 6.61 Å². The van der Waals surface area contributed by atoms with Gasteiger partial charge in [-0.25, -0.2) is 4.39 Å². The van der Waals surface area contributed by atoms with Crippen LogP contribution in [0.15, 0.2) is 46.9 Å². The first kappa shape index (κ1) is 15.3. The molecule has 0 radical (unpaired) electrons. The predicted octanol–water partition coefficient (Wildman–Crippen LogP) is 4.12. The van der Waals surface area contributed by atoms with Crippen LogP contribution in [0.4, 0.5) is 4.39 Å². The van der Waals surface area contributed by atoms with Crippen molar-refractivity contribution in [2.75, 3.05) is 7.11 Å². The summed E-state index contributed by atoms with van der Waals surface area (Å²) in [7, 11) is 1.60. The maximum atomic E-state index is 13.1. The minimum absolute atomic E-state index is 0.00745. The van der Waals surface area contributed by atoms with E-state index in [0.29, 0.717) is 17.5 Å². The van der Waals surface area contributed by atoms with Gasteiger partial charge in [0, 0.05) is 11.6 Å². The molecule has 0 amide bonds. The number of methoxy groups -OCH3 is 1. The summed E-state index contributed by atoms with van der Waals surface area (Å²) in [6, 6.07) is 11.3. The molecule has 0 fully saturated rings. The highest BCUT2D eigenvalue weighted by Crippen LogP contribution is 2.23. The molecule has 0 saturated carbocycles. The van der Waals surface area contributed by atoms with Crippen LogP contribution in [0.5, 0.6) is 11.5 Å². The van der Waals surface area contributed by atoms with Gasteiger partial charge in [-0.05, 0) is 36.4 Å². The molecule has 0 aliphatic heterocycles. The van der Waals surface area contributed by atoms with E-state index in [-0.39, 0.29) is 11.6 Å². The smallest absolute Gasteiger partial charge is 0.254 e. The number of halogens is 2. The summed E-state index contributed by atoms with van der Waals surface area (Å²) in [6.07, 6.45) is 0. The topological polar surface area (TPSA) is 57.4 Å². The Morgan fingerprint density at radius 2 is 1.83 bits per heavy atom. The van der Waals surface area contributed by atoms with Crippen LogP contribution < -0.4 is 9.47 Å². The second-order valence-electron chi connectivity index (χ2n) is 4.59. The molecule has 3 aromatic rings. The Bertz CT molecular complexity index is 805. The van der Waals surface area contributed by atoms with Crippen LogP contribution in [0.3, 0.4) is 0 Å². The number of nitrogens with zero attached hydrogens (tertiary/aromatic N) is 2. The Balaban J connectivity index is 1.67. The molecule has 0 N–H and O–H groups in total. The van der Waals surface area contributed by atoms with Gasteiger partial charge in [-0.2, -0.15) is 0 Å². The standard InChI is InChI=1S/C16H12ClFN2O3/c1-21-11-4-2-10(3-5-11)16-20-19-15(23-16)9-22-12-6-7-14(18)13(17)8-12/h2-8H,9H2,1H3. The molecule has 0 saturated heterocycles. The van der Waals surface area contributed by atoms with Crippen LogP contribution in [-0.2, 0) is 6.61 Å². The Hall–Kier alpha value is -2.60. The van der Waals surface area contributed by atoms with Gasteiger partial charge in [0.15, 0.2) is 6.61 Å². The molecule has 0 unspecified atom stereocenters. The van der Waals surface area contributed by atoms with Crippen LogP contribution in [0.2, 0.25) is 5.02 Å². The van der Waals surface area contributed by atoms with E-state index in [1.54, 1.807) is 19.2 Å². The van der Waals surface area contributed by atoms with Crippen molar-refractivity contribution in [1.29, 1.82) is 0 Å². The van der Waals surface area contributed by atoms with Crippen LogP contribution in [0.1, 0.15) is 5.89 Å². The number of aromatic nitrogens is 2. The molecule has 0 spiro atoms. The predicted molar refractivity (Wildman–Crippen MR) is 82.0 cm³/mol. The minimum Gasteiger partial charge on any atom is -0.497 e. The second-order valence-corrected chi connectivity index (χ2v) is 5.00. The lowest BCUT2D eigenvalue weighted by Crippen LogP contribution is -1.96. The maximum Gasteiger partial charge on any atom is 0.254 e. The first-order valence-electron chi connectivity index (χ1n) is 6.70. The van der Waals surface area contributed by atoms with Crippen LogP contribution >= 0.6 is 11.6 Å². The Morgan fingerprint density at radius 3 is 2.52 bits per heavy atom. The van der Waals surface area contributed by atoms with E-state index in [1.807, 2.05) is 12.1 Å². The molecule has 0 aliphatic carbocycles. The van der Waals surface area contributed by atoms with Crippen molar-refractivity contribution in [3.63, 3.8) is 0 Å².